The van der Waals surface area contributed by atoms with Crippen molar-refractivity contribution in [2.24, 2.45) is 0 Å². The molecule has 0 saturated carbocycles. The number of carbonyl (C=O) groups is 2. The molecule has 0 fully saturated rings. The van der Waals surface area contributed by atoms with E-state index in [1.807, 2.05) is 0 Å². The largest absolute Gasteiger partial charge is 0.324 e. The molecule has 7 heteroatoms. The van der Waals surface area contributed by atoms with Gasteiger partial charge in [0.25, 0.3) is 0 Å². The smallest absolute Gasteiger partial charge is 0.247 e. The van der Waals surface area contributed by atoms with E-state index >= 15 is 0 Å². The van der Waals surface area contributed by atoms with Gasteiger partial charge in [-0.05, 0) is 24.6 Å². The van der Waals surface area contributed by atoms with Crippen LogP contribution in [0.4, 0.5) is 5.69 Å². The Bertz CT molecular complexity index is 879. The van der Waals surface area contributed by atoms with Gasteiger partial charge in [-0.3, -0.25) is 9.59 Å². The van der Waals surface area contributed by atoms with E-state index in [1.165, 1.54) is 14.0 Å². The summed E-state index contributed by atoms with van der Waals surface area (Å²) >= 11 is 0. The predicted molar refractivity (Wildman–Crippen MR) is 96.9 cm³/mol. The molecule has 1 amide bonds. The number of hydrogen-bond acceptors (Lipinski definition) is 4. The lowest BCUT2D eigenvalue weighted by atomic mass is 10.1. The van der Waals surface area contributed by atoms with Crippen molar-refractivity contribution in [3.8, 4) is 0 Å². The van der Waals surface area contributed by atoms with E-state index in [0.29, 0.717) is 16.8 Å². The molecule has 0 saturated heterocycles. The molecule has 2 aromatic carbocycles. The van der Waals surface area contributed by atoms with Crippen molar-refractivity contribution in [2.75, 3.05) is 18.6 Å². The second-order valence-corrected chi connectivity index (χ2v) is 7.76. The zero-order valence-corrected chi connectivity index (χ0v) is 15.1. The summed E-state index contributed by atoms with van der Waals surface area (Å²) in [6, 6.07) is 14.1. The minimum Gasteiger partial charge on any atom is -0.324 e. The second-order valence-electron chi connectivity index (χ2n) is 5.72. The van der Waals surface area contributed by atoms with Crippen molar-refractivity contribution in [1.29, 1.82) is 0 Å². The second kappa shape index (κ2) is 7.58. The maximum Gasteiger partial charge on any atom is 0.247 e. The third kappa shape index (κ3) is 4.74. The third-order valence-corrected chi connectivity index (χ3v) is 5.04. The Morgan fingerprint density at radius 3 is 2.24 bits per heavy atom. The van der Waals surface area contributed by atoms with Crippen LogP contribution in [0.25, 0.3) is 0 Å². The monoisotopic (exact) mass is 360 g/mol. The Hall–Kier alpha value is -2.51. The van der Waals surface area contributed by atoms with Gasteiger partial charge in [0, 0.05) is 18.3 Å². The van der Waals surface area contributed by atoms with Gasteiger partial charge in [0.05, 0.1) is 6.26 Å². The summed E-state index contributed by atoms with van der Waals surface area (Å²) in [4.78, 5) is 24.3. The summed E-state index contributed by atoms with van der Waals surface area (Å²) in [7, 11) is -2.23. The van der Waals surface area contributed by atoms with E-state index in [-0.39, 0.29) is 5.78 Å². The molecule has 1 N–H and O–H groups in total. The number of hydrogen-bond donors (Lipinski definition) is 1. The number of Topliss-reactive ketones (excluding diaryl/α,β-unsaturated/α-hetero) is 1. The number of carbonyl (C=O) groups excluding carboxylic acids is 2. The third-order valence-electron chi connectivity index (χ3n) is 3.79. The van der Waals surface area contributed by atoms with Gasteiger partial charge in [-0.2, -0.15) is 4.31 Å². The normalized spacial score (nSPS) is 12.6. The first-order valence-electron chi connectivity index (χ1n) is 7.60. The summed E-state index contributed by atoms with van der Waals surface area (Å²) < 4.78 is 24.9. The lowest BCUT2D eigenvalue weighted by Crippen LogP contribution is -2.38. The highest BCUT2D eigenvalue weighted by Crippen LogP contribution is 2.24. The number of rotatable bonds is 6. The summed E-state index contributed by atoms with van der Waals surface area (Å²) in [5.74, 6) is -0.621. The van der Waals surface area contributed by atoms with E-state index < -0.39 is 22.0 Å². The molecule has 0 spiro atoms. The number of anilines is 1. The van der Waals surface area contributed by atoms with Gasteiger partial charge in [-0.25, -0.2) is 8.42 Å². The van der Waals surface area contributed by atoms with Gasteiger partial charge in [0.2, 0.25) is 15.9 Å². The molecule has 25 heavy (non-hydrogen) atoms. The molecule has 2 rings (SSSR count). The number of benzene rings is 2. The molecule has 0 radical (unpaired) electrons. The van der Waals surface area contributed by atoms with Crippen LogP contribution in [0.3, 0.4) is 0 Å². The van der Waals surface area contributed by atoms with Crippen molar-refractivity contribution in [3.05, 3.63) is 65.7 Å². The van der Waals surface area contributed by atoms with E-state index in [9.17, 15) is 18.0 Å². The fourth-order valence-corrected chi connectivity index (χ4v) is 2.98. The molecule has 132 valence electrons. The molecule has 6 nitrogen and oxygen atoms in total. The van der Waals surface area contributed by atoms with Crippen LogP contribution in [-0.4, -0.2) is 37.7 Å². The summed E-state index contributed by atoms with van der Waals surface area (Å²) in [5.41, 5.74) is 1.45. The Morgan fingerprint density at radius 2 is 1.68 bits per heavy atom. The van der Waals surface area contributed by atoms with Gasteiger partial charge in [-0.1, -0.05) is 42.5 Å². The van der Waals surface area contributed by atoms with Crippen LogP contribution in [-0.2, 0) is 14.8 Å². The Balaban J connectivity index is 2.36. The van der Waals surface area contributed by atoms with Crippen LogP contribution >= 0.6 is 0 Å². The SMILES string of the molecule is CC(=O)c1cccc(NC(=O)[C@@H](c2ccccc2)N(C)S(C)(=O)=O)c1. The first kappa shape index (κ1) is 18.8. The average Bonchev–Trinajstić information content (AvgIpc) is 2.55. The minimum absolute atomic E-state index is 0.121. The molecular formula is C18H20N2O4S. The standard InChI is InChI=1S/C18H20N2O4S/c1-13(21)15-10-7-11-16(12-15)19-18(22)17(20(2)25(3,23)24)14-8-5-4-6-9-14/h4-12,17H,1-3H3,(H,19,22)/t17-/m1/s1. The number of likely N-dealkylation sites (N-methyl/N-ethyl adjacent to an activating group) is 1. The van der Waals surface area contributed by atoms with Gasteiger partial charge in [-0.15, -0.1) is 0 Å². The topological polar surface area (TPSA) is 83.6 Å². The fraction of sp³-hybridized carbons (Fsp3) is 0.222. The van der Waals surface area contributed by atoms with Crippen molar-refractivity contribution in [1.82, 2.24) is 4.31 Å². The van der Waals surface area contributed by atoms with Crippen LogP contribution in [0.1, 0.15) is 28.9 Å². The molecule has 0 bridgehead atoms. The van der Waals surface area contributed by atoms with Crippen molar-refractivity contribution in [3.63, 3.8) is 0 Å². The van der Waals surface area contributed by atoms with Crippen molar-refractivity contribution >= 4 is 27.4 Å². The molecular weight excluding hydrogens is 340 g/mol. The van der Waals surface area contributed by atoms with Crippen molar-refractivity contribution in [2.45, 2.75) is 13.0 Å². The molecule has 0 aromatic heterocycles. The van der Waals surface area contributed by atoms with Crippen LogP contribution in [0.15, 0.2) is 54.6 Å². The van der Waals surface area contributed by atoms with Gasteiger partial charge in [0.1, 0.15) is 6.04 Å². The van der Waals surface area contributed by atoms with Gasteiger partial charge < -0.3 is 5.32 Å². The Kier molecular flexibility index (Phi) is 5.71. The van der Waals surface area contributed by atoms with E-state index in [1.54, 1.807) is 54.6 Å². The highest BCUT2D eigenvalue weighted by Gasteiger charge is 2.30. The molecule has 0 heterocycles. The molecule has 0 aliphatic rings. The first-order chi connectivity index (χ1) is 11.7. The maximum atomic E-state index is 12.8. The van der Waals surface area contributed by atoms with Crippen LogP contribution < -0.4 is 5.32 Å². The molecule has 0 unspecified atom stereocenters. The molecule has 0 aliphatic heterocycles. The van der Waals surface area contributed by atoms with Gasteiger partial charge >= 0.3 is 0 Å². The van der Waals surface area contributed by atoms with E-state index in [4.69, 9.17) is 0 Å². The van der Waals surface area contributed by atoms with Crippen LogP contribution in [0.5, 0.6) is 0 Å². The van der Waals surface area contributed by atoms with Crippen LogP contribution in [0.2, 0.25) is 0 Å². The van der Waals surface area contributed by atoms with Gasteiger partial charge in [0.15, 0.2) is 5.78 Å². The summed E-state index contributed by atoms with van der Waals surface area (Å²) in [6.07, 6.45) is 1.05. The van der Waals surface area contributed by atoms with E-state index in [0.717, 1.165) is 10.6 Å². The highest BCUT2D eigenvalue weighted by atomic mass is 32.2. The number of amides is 1. The zero-order chi connectivity index (χ0) is 18.6. The Morgan fingerprint density at radius 1 is 1.04 bits per heavy atom. The predicted octanol–water partition coefficient (Wildman–Crippen LogP) is 2.46. The highest BCUT2D eigenvalue weighted by molar-refractivity contribution is 7.88. The molecule has 2 aromatic rings. The maximum absolute atomic E-state index is 12.8. The van der Waals surface area contributed by atoms with E-state index in [2.05, 4.69) is 5.32 Å². The molecule has 1 atom stereocenters. The number of nitrogens with one attached hydrogen (secondary N) is 1. The number of ketones is 1. The Labute approximate surface area is 147 Å². The lowest BCUT2D eigenvalue weighted by molar-refractivity contribution is -0.119. The fourth-order valence-electron chi connectivity index (χ4n) is 2.38. The molecule has 0 aliphatic carbocycles. The van der Waals surface area contributed by atoms with Crippen molar-refractivity contribution < 1.29 is 18.0 Å². The lowest BCUT2D eigenvalue weighted by Gasteiger charge is -2.25. The number of nitrogens with zero attached hydrogens (tertiary/aromatic N) is 1. The number of sulfonamides is 1. The summed E-state index contributed by atoms with van der Waals surface area (Å²) in [6.45, 7) is 1.44. The summed E-state index contributed by atoms with van der Waals surface area (Å²) in [5, 5.41) is 2.69. The first-order valence-corrected chi connectivity index (χ1v) is 9.45. The quantitative estimate of drug-likeness (QED) is 0.802. The minimum atomic E-state index is -3.59. The van der Waals surface area contributed by atoms with Crippen LogP contribution in [0, 0.1) is 0 Å². The average molecular weight is 360 g/mol. The zero-order valence-electron chi connectivity index (χ0n) is 14.3.